The van der Waals surface area contributed by atoms with E-state index in [4.69, 9.17) is 9.47 Å². The molecule has 1 fully saturated rings. The Labute approximate surface area is 202 Å². The number of anilines is 1. The van der Waals surface area contributed by atoms with Crippen LogP contribution in [0.5, 0.6) is 11.5 Å². The highest BCUT2D eigenvalue weighted by atomic mass is 32.2. The Morgan fingerprint density at radius 1 is 0.941 bits per heavy atom. The first kappa shape index (κ1) is 23.4. The van der Waals surface area contributed by atoms with E-state index in [9.17, 15) is 8.42 Å². The van der Waals surface area contributed by atoms with Crippen LogP contribution in [0.4, 0.5) is 5.69 Å². The van der Waals surface area contributed by atoms with Crippen LogP contribution in [0.3, 0.4) is 0 Å². The minimum Gasteiger partial charge on any atom is -0.486 e. The van der Waals surface area contributed by atoms with Crippen molar-refractivity contribution in [1.82, 2.24) is 14.5 Å². The lowest BCUT2D eigenvalue weighted by molar-refractivity contribution is 0.113. The van der Waals surface area contributed by atoms with Gasteiger partial charge in [-0.05, 0) is 49.2 Å². The van der Waals surface area contributed by atoms with E-state index in [0.717, 1.165) is 45.6 Å². The van der Waals surface area contributed by atoms with E-state index in [-0.39, 0.29) is 10.9 Å². The van der Waals surface area contributed by atoms with Gasteiger partial charge in [0.1, 0.15) is 13.2 Å². The first-order chi connectivity index (χ1) is 16.4. The highest BCUT2D eigenvalue weighted by Crippen LogP contribution is 2.33. The minimum absolute atomic E-state index is 0.0294. The second-order valence-corrected chi connectivity index (χ2v) is 11.2. The summed E-state index contributed by atoms with van der Waals surface area (Å²) in [6.45, 7) is 6.04. The summed E-state index contributed by atoms with van der Waals surface area (Å²) < 4.78 is 40.5. The number of rotatable bonds is 6. The fourth-order valence-corrected chi connectivity index (χ4v) is 6.12. The second kappa shape index (κ2) is 9.73. The maximum atomic E-state index is 13.2. The van der Waals surface area contributed by atoms with Gasteiger partial charge in [-0.2, -0.15) is 0 Å². The number of hydrogen-bond donors (Lipinski definition) is 1. The van der Waals surface area contributed by atoms with E-state index < -0.39 is 10.0 Å². The highest BCUT2D eigenvalue weighted by molar-refractivity contribution is 7.89. The summed E-state index contributed by atoms with van der Waals surface area (Å²) in [5.74, 6) is 1.06. The van der Waals surface area contributed by atoms with Gasteiger partial charge in [-0.25, -0.2) is 13.1 Å². The summed E-state index contributed by atoms with van der Waals surface area (Å²) in [6.07, 6.45) is 2.20. The van der Waals surface area contributed by atoms with Crippen molar-refractivity contribution in [2.45, 2.75) is 23.8 Å². The first-order valence-corrected chi connectivity index (χ1v) is 13.5. The van der Waals surface area contributed by atoms with Gasteiger partial charge in [-0.3, -0.25) is 4.90 Å². The van der Waals surface area contributed by atoms with Gasteiger partial charge in [0.2, 0.25) is 10.0 Å². The lowest BCUT2D eigenvalue weighted by Crippen LogP contribution is -2.48. The van der Waals surface area contributed by atoms with E-state index in [0.29, 0.717) is 31.3 Å². The standard InChI is InChI=1S/C25H34N4O4S/c1-27-10-12-29(13-11-27)23(20-5-7-22-19(16-20)4-3-9-28(22)2)18-26-34(30,31)21-6-8-24-25(17-21)33-15-14-32-24/h5-8,16-17,23,26H,3-4,9-15,18H2,1-2H3/t23-/m1/s1. The second-order valence-electron chi connectivity index (χ2n) is 9.43. The van der Waals surface area contributed by atoms with Crippen molar-refractivity contribution in [3.05, 3.63) is 47.5 Å². The number of nitrogens with one attached hydrogen (secondary N) is 1. The molecule has 0 radical (unpaired) electrons. The molecule has 184 valence electrons. The third-order valence-corrected chi connectivity index (χ3v) is 8.53. The van der Waals surface area contributed by atoms with Gasteiger partial charge in [-0.15, -0.1) is 0 Å². The number of benzene rings is 2. The molecule has 0 amide bonds. The predicted molar refractivity (Wildman–Crippen MR) is 132 cm³/mol. The van der Waals surface area contributed by atoms with Gasteiger partial charge in [0.05, 0.1) is 4.90 Å². The van der Waals surface area contributed by atoms with Crippen LogP contribution in [0, 0.1) is 0 Å². The number of likely N-dealkylation sites (N-methyl/N-ethyl adjacent to an activating group) is 1. The third kappa shape index (κ3) is 4.88. The van der Waals surface area contributed by atoms with Crippen molar-refractivity contribution < 1.29 is 17.9 Å². The fraction of sp³-hybridized carbons (Fsp3) is 0.520. The molecule has 34 heavy (non-hydrogen) atoms. The molecule has 5 rings (SSSR count). The average Bonchev–Trinajstić information content (AvgIpc) is 2.85. The number of aryl methyl sites for hydroxylation is 1. The summed E-state index contributed by atoms with van der Waals surface area (Å²) in [4.78, 5) is 7.22. The van der Waals surface area contributed by atoms with E-state index in [2.05, 4.69) is 51.7 Å². The third-order valence-electron chi connectivity index (χ3n) is 7.11. The topological polar surface area (TPSA) is 74.3 Å². The van der Waals surface area contributed by atoms with E-state index >= 15 is 0 Å². The summed E-state index contributed by atoms with van der Waals surface area (Å²) >= 11 is 0. The monoisotopic (exact) mass is 486 g/mol. The van der Waals surface area contributed by atoms with Crippen LogP contribution >= 0.6 is 0 Å². The van der Waals surface area contributed by atoms with Gasteiger partial charge in [0.15, 0.2) is 11.5 Å². The van der Waals surface area contributed by atoms with Crippen LogP contribution < -0.4 is 19.1 Å². The van der Waals surface area contributed by atoms with Gasteiger partial charge < -0.3 is 19.3 Å². The lowest BCUT2D eigenvalue weighted by atomic mass is 9.95. The van der Waals surface area contributed by atoms with Crippen molar-refractivity contribution in [3.8, 4) is 11.5 Å². The molecule has 9 heteroatoms. The quantitative estimate of drug-likeness (QED) is 0.670. The molecule has 0 bridgehead atoms. The molecule has 3 heterocycles. The van der Waals surface area contributed by atoms with Gasteiger partial charge in [-0.1, -0.05) is 12.1 Å². The molecule has 8 nitrogen and oxygen atoms in total. The van der Waals surface area contributed by atoms with Crippen molar-refractivity contribution in [2.75, 3.05) is 71.5 Å². The minimum atomic E-state index is -3.70. The predicted octanol–water partition coefficient (Wildman–Crippen LogP) is 2.11. The average molecular weight is 487 g/mol. The van der Waals surface area contributed by atoms with Gasteiger partial charge in [0.25, 0.3) is 0 Å². The molecule has 1 saturated heterocycles. The smallest absolute Gasteiger partial charge is 0.240 e. The Kier molecular flexibility index (Phi) is 6.70. The SMILES string of the molecule is CN1CCN([C@H](CNS(=O)(=O)c2ccc3c(c2)OCCO3)c2ccc3c(c2)CCCN3C)CC1. The molecule has 0 unspecified atom stereocenters. The molecule has 2 aromatic carbocycles. The molecule has 3 aliphatic rings. The number of sulfonamides is 1. The molecule has 3 aliphatic heterocycles. The number of ether oxygens (including phenoxy) is 2. The highest BCUT2D eigenvalue weighted by Gasteiger charge is 2.28. The summed E-state index contributed by atoms with van der Waals surface area (Å²) in [6, 6.07) is 11.4. The molecule has 0 aliphatic carbocycles. The zero-order valence-electron chi connectivity index (χ0n) is 20.0. The zero-order valence-corrected chi connectivity index (χ0v) is 20.8. The van der Waals surface area contributed by atoms with Crippen LogP contribution in [0.15, 0.2) is 41.3 Å². The maximum absolute atomic E-state index is 13.2. The molecule has 1 N–H and O–H groups in total. The normalized spacial score (nSPS) is 20.1. The van der Waals surface area contributed by atoms with E-state index in [1.165, 1.54) is 16.8 Å². The number of hydrogen-bond acceptors (Lipinski definition) is 7. The van der Waals surface area contributed by atoms with Crippen LogP contribution in [0.25, 0.3) is 0 Å². The molecular formula is C25H34N4O4S. The van der Waals surface area contributed by atoms with E-state index in [1.54, 1.807) is 18.2 Å². The number of piperazine rings is 1. The van der Waals surface area contributed by atoms with Gasteiger partial charge in [0, 0.05) is 64.1 Å². The lowest BCUT2D eigenvalue weighted by Gasteiger charge is -2.39. The molecule has 0 saturated carbocycles. The maximum Gasteiger partial charge on any atom is 0.240 e. The summed E-state index contributed by atoms with van der Waals surface area (Å²) in [7, 11) is 0.563. The molecule has 0 spiro atoms. The van der Waals surface area contributed by atoms with Gasteiger partial charge >= 0.3 is 0 Å². The number of nitrogens with zero attached hydrogens (tertiary/aromatic N) is 3. The Hall–Kier alpha value is -2.33. The summed E-state index contributed by atoms with van der Waals surface area (Å²) in [5, 5.41) is 0. The van der Waals surface area contributed by atoms with Crippen molar-refractivity contribution >= 4 is 15.7 Å². The molecular weight excluding hydrogens is 452 g/mol. The Balaban J connectivity index is 1.39. The van der Waals surface area contributed by atoms with Crippen LogP contribution in [0.2, 0.25) is 0 Å². The van der Waals surface area contributed by atoms with Crippen molar-refractivity contribution in [1.29, 1.82) is 0 Å². The molecule has 2 aromatic rings. The Bertz CT molecular complexity index is 1130. The summed E-state index contributed by atoms with van der Waals surface area (Å²) in [5.41, 5.74) is 3.80. The Morgan fingerprint density at radius 2 is 1.71 bits per heavy atom. The Morgan fingerprint density at radius 3 is 2.50 bits per heavy atom. The fourth-order valence-electron chi connectivity index (χ4n) is 5.07. The largest absolute Gasteiger partial charge is 0.486 e. The van der Waals surface area contributed by atoms with Crippen LogP contribution in [0.1, 0.15) is 23.6 Å². The van der Waals surface area contributed by atoms with E-state index in [1.807, 2.05) is 0 Å². The zero-order chi connectivity index (χ0) is 23.7. The van der Waals surface area contributed by atoms with Crippen molar-refractivity contribution in [2.24, 2.45) is 0 Å². The van der Waals surface area contributed by atoms with Crippen LogP contribution in [-0.2, 0) is 16.4 Å². The van der Waals surface area contributed by atoms with Crippen LogP contribution in [-0.4, -0.2) is 84.8 Å². The van der Waals surface area contributed by atoms with Crippen molar-refractivity contribution in [3.63, 3.8) is 0 Å². The molecule has 1 atom stereocenters. The number of fused-ring (bicyclic) bond motifs is 2. The first-order valence-electron chi connectivity index (χ1n) is 12.1. The molecule has 0 aromatic heterocycles.